The highest BCUT2D eigenvalue weighted by Crippen LogP contribution is 2.17. The molecule has 394 valence electrons. The van der Waals surface area contributed by atoms with Crippen LogP contribution in [0.3, 0.4) is 0 Å². The second-order valence-corrected chi connectivity index (χ2v) is 20.3. The number of unbranched alkanes of at least 4 members (excludes halogenated alkanes) is 40. The average Bonchev–Trinajstić information content (AvgIpc) is 3.33. The van der Waals surface area contributed by atoms with Gasteiger partial charge in [-0.2, -0.15) is 0 Å². The van der Waals surface area contributed by atoms with E-state index < -0.39 is 6.10 Å². The van der Waals surface area contributed by atoms with E-state index in [-0.39, 0.29) is 31.1 Å². The molecule has 0 aliphatic carbocycles. The quantitative estimate of drug-likeness (QED) is 0.0262. The molecule has 67 heavy (non-hydrogen) atoms. The van der Waals surface area contributed by atoms with E-state index in [1.54, 1.807) is 0 Å². The van der Waals surface area contributed by atoms with Crippen molar-refractivity contribution < 1.29 is 28.6 Å². The van der Waals surface area contributed by atoms with Crippen molar-refractivity contribution in [1.29, 1.82) is 0 Å². The fraction of sp³-hybridized carbons (Fsp3) is 0.885. The van der Waals surface area contributed by atoms with Crippen molar-refractivity contribution >= 4 is 17.9 Å². The SMILES string of the molecule is CCCCCCCC/C=C\CCCCCCCC(=O)OC(COC(=O)CCCCCCC)COC(=O)CCCCCCCCCCCCCCCCCCC/C=C\CCCCCCCCCC. The van der Waals surface area contributed by atoms with Gasteiger partial charge in [0.2, 0.25) is 0 Å². The molecule has 0 bridgehead atoms. The van der Waals surface area contributed by atoms with Gasteiger partial charge in [0.05, 0.1) is 0 Å². The van der Waals surface area contributed by atoms with Gasteiger partial charge in [0.1, 0.15) is 13.2 Å². The predicted octanol–water partition coefficient (Wildman–Crippen LogP) is 19.9. The van der Waals surface area contributed by atoms with Gasteiger partial charge < -0.3 is 14.2 Å². The normalized spacial score (nSPS) is 12.1. The zero-order valence-corrected chi connectivity index (χ0v) is 45.2. The molecule has 6 heteroatoms. The molecule has 1 unspecified atom stereocenters. The number of ether oxygens (including phenoxy) is 3. The van der Waals surface area contributed by atoms with Crippen LogP contribution in [-0.2, 0) is 28.6 Å². The van der Waals surface area contributed by atoms with Gasteiger partial charge in [-0.1, -0.05) is 263 Å². The summed E-state index contributed by atoms with van der Waals surface area (Å²) in [5, 5.41) is 0. The molecule has 0 aromatic heterocycles. The topological polar surface area (TPSA) is 78.9 Å². The molecule has 0 radical (unpaired) electrons. The Morgan fingerprint density at radius 3 is 0.746 bits per heavy atom. The van der Waals surface area contributed by atoms with Crippen molar-refractivity contribution in [2.24, 2.45) is 0 Å². The van der Waals surface area contributed by atoms with Crippen molar-refractivity contribution in [3.8, 4) is 0 Å². The van der Waals surface area contributed by atoms with Crippen LogP contribution in [0.1, 0.15) is 329 Å². The second kappa shape index (κ2) is 56.5. The molecule has 0 heterocycles. The van der Waals surface area contributed by atoms with Crippen molar-refractivity contribution in [1.82, 2.24) is 0 Å². The van der Waals surface area contributed by atoms with Gasteiger partial charge >= 0.3 is 17.9 Å². The number of allylic oxidation sites excluding steroid dienone is 4. The first-order valence-corrected chi connectivity index (χ1v) is 29.8. The monoisotopic (exact) mass is 943 g/mol. The largest absolute Gasteiger partial charge is 0.462 e. The summed E-state index contributed by atoms with van der Waals surface area (Å²) >= 11 is 0. The maximum absolute atomic E-state index is 12.7. The molecular weight excluding hydrogens is 829 g/mol. The lowest BCUT2D eigenvalue weighted by molar-refractivity contribution is -0.167. The maximum atomic E-state index is 12.7. The fourth-order valence-electron chi connectivity index (χ4n) is 8.91. The number of rotatable bonds is 55. The third-order valence-corrected chi connectivity index (χ3v) is 13.4. The minimum atomic E-state index is -0.768. The van der Waals surface area contributed by atoms with Gasteiger partial charge in [-0.15, -0.1) is 0 Å². The lowest BCUT2D eigenvalue weighted by atomic mass is 10.0. The molecule has 0 spiro atoms. The Kier molecular flexibility index (Phi) is 54.7. The Morgan fingerprint density at radius 1 is 0.284 bits per heavy atom. The number of carbonyl (C=O) groups excluding carboxylic acids is 3. The molecule has 6 nitrogen and oxygen atoms in total. The van der Waals surface area contributed by atoms with Gasteiger partial charge in [0.25, 0.3) is 0 Å². The summed E-state index contributed by atoms with van der Waals surface area (Å²) in [6, 6.07) is 0. The van der Waals surface area contributed by atoms with Crippen molar-refractivity contribution in [3.05, 3.63) is 24.3 Å². The molecule has 0 aliphatic rings. The number of carbonyl (C=O) groups is 3. The highest BCUT2D eigenvalue weighted by molar-refractivity contribution is 5.71. The van der Waals surface area contributed by atoms with Gasteiger partial charge in [0.15, 0.2) is 6.10 Å². The summed E-state index contributed by atoms with van der Waals surface area (Å²) in [4.78, 5) is 37.8. The highest BCUT2D eigenvalue weighted by Gasteiger charge is 2.19. The molecule has 1 atom stereocenters. The van der Waals surface area contributed by atoms with E-state index in [4.69, 9.17) is 14.2 Å². The van der Waals surface area contributed by atoms with E-state index in [9.17, 15) is 14.4 Å². The molecule has 0 aromatic carbocycles. The van der Waals surface area contributed by atoms with Crippen LogP contribution in [0.4, 0.5) is 0 Å². The van der Waals surface area contributed by atoms with Gasteiger partial charge in [0, 0.05) is 19.3 Å². The smallest absolute Gasteiger partial charge is 0.306 e. The van der Waals surface area contributed by atoms with Crippen LogP contribution in [0, 0.1) is 0 Å². The van der Waals surface area contributed by atoms with Crippen LogP contribution in [0.15, 0.2) is 24.3 Å². The van der Waals surface area contributed by atoms with Crippen LogP contribution in [-0.4, -0.2) is 37.2 Å². The third kappa shape index (κ3) is 54.7. The van der Waals surface area contributed by atoms with E-state index in [1.165, 1.54) is 218 Å². The summed E-state index contributed by atoms with van der Waals surface area (Å²) in [6.45, 7) is 6.58. The van der Waals surface area contributed by atoms with Crippen LogP contribution in [0.2, 0.25) is 0 Å². The lowest BCUT2D eigenvalue weighted by Crippen LogP contribution is -2.30. The summed E-state index contributed by atoms with van der Waals surface area (Å²) in [6.07, 6.45) is 66.7. The number of esters is 3. The Morgan fingerprint density at radius 2 is 0.493 bits per heavy atom. The molecule has 0 N–H and O–H groups in total. The van der Waals surface area contributed by atoms with E-state index in [1.807, 2.05) is 0 Å². The molecular formula is C61H114O6. The Bertz CT molecular complexity index is 1080. The number of hydrogen-bond acceptors (Lipinski definition) is 6. The lowest BCUT2D eigenvalue weighted by Gasteiger charge is -2.18. The van der Waals surface area contributed by atoms with Gasteiger partial charge in [-0.25, -0.2) is 0 Å². The third-order valence-electron chi connectivity index (χ3n) is 13.4. The van der Waals surface area contributed by atoms with Crippen LogP contribution < -0.4 is 0 Å². The molecule has 0 amide bonds. The summed E-state index contributed by atoms with van der Waals surface area (Å²) in [5.74, 6) is -0.877. The van der Waals surface area contributed by atoms with Crippen molar-refractivity contribution in [2.75, 3.05) is 13.2 Å². The first-order valence-electron chi connectivity index (χ1n) is 29.8. The van der Waals surface area contributed by atoms with Crippen molar-refractivity contribution in [3.63, 3.8) is 0 Å². The van der Waals surface area contributed by atoms with Crippen LogP contribution in [0.5, 0.6) is 0 Å². The zero-order chi connectivity index (χ0) is 48.6. The molecule has 0 fully saturated rings. The maximum Gasteiger partial charge on any atom is 0.306 e. The van der Waals surface area contributed by atoms with Gasteiger partial charge in [-0.3, -0.25) is 14.4 Å². The van der Waals surface area contributed by atoms with E-state index in [0.29, 0.717) is 19.3 Å². The van der Waals surface area contributed by atoms with E-state index in [0.717, 1.165) is 70.6 Å². The zero-order valence-electron chi connectivity index (χ0n) is 45.2. The summed E-state index contributed by atoms with van der Waals surface area (Å²) in [7, 11) is 0. The minimum absolute atomic E-state index is 0.0710. The summed E-state index contributed by atoms with van der Waals surface area (Å²) in [5.41, 5.74) is 0. The second-order valence-electron chi connectivity index (χ2n) is 20.3. The molecule has 0 rings (SSSR count). The Labute approximate surface area is 417 Å². The Balaban J connectivity index is 3.94. The van der Waals surface area contributed by atoms with Gasteiger partial charge in [-0.05, 0) is 70.6 Å². The van der Waals surface area contributed by atoms with Crippen LogP contribution in [0.25, 0.3) is 0 Å². The minimum Gasteiger partial charge on any atom is -0.462 e. The Hall–Kier alpha value is -2.11. The number of hydrogen-bond donors (Lipinski definition) is 0. The molecule has 0 aromatic rings. The fourth-order valence-corrected chi connectivity index (χ4v) is 8.91. The first-order chi connectivity index (χ1) is 33.0. The van der Waals surface area contributed by atoms with E-state index in [2.05, 4.69) is 45.1 Å². The standard InChI is InChI=1S/C61H114O6/c1-4-7-10-13-15-17-19-21-23-24-25-26-27-28-29-30-31-32-33-34-35-36-38-39-41-43-45-48-51-54-60(63)66-57-58(56-65-59(62)53-50-47-12-9-6-3)67-61(64)55-52-49-46-44-42-40-37-22-20-18-16-14-11-8-5-2/h22,24-25,37,58H,4-21,23,26-36,38-57H2,1-3H3/b25-24-,37-22-. The predicted molar refractivity (Wildman–Crippen MR) is 289 cm³/mol. The average molecular weight is 944 g/mol. The summed E-state index contributed by atoms with van der Waals surface area (Å²) < 4.78 is 16.7. The molecule has 0 saturated carbocycles. The van der Waals surface area contributed by atoms with Crippen LogP contribution >= 0.6 is 0 Å². The molecule has 0 aliphatic heterocycles. The first kappa shape index (κ1) is 64.9. The van der Waals surface area contributed by atoms with E-state index >= 15 is 0 Å². The van der Waals surface area contributed by atoms with Crippen molar-refractivity contribution in [2.45, 2.75) is 335 Å². The highest BCUT2D eigenvalue weighted by atomic mass is 16.6. The molecule has 0 saturated heterocycles.